The first kappa shape index (κ1) is 20.1. The van der Waals surface area contributed by atoms with Gasteiger partial charge in [-0.15, -0.1) is 0 Å². The number of nitrogens with one attached hydrogen (secondary N) is 2. The SMILES string of the molecule is C1C[NH2+]CCN1.C1C[NH2+]CCN1.O.O=C([O-])C(=O)[O-]. The van der Waals surface area contributed by atoms with E-state index in [9.17, 15) is 0 Å². The third-order valence-corrected chi connectivity index (χ3v) is 2.27. The minimum atomic E-state index is -2.19. The van der Waals surface area contributed by atoms with Crippen LogP contribution < -0.4 is 31.5 Å². The van der Waals surface area contributed by atoms with Crippen LogP contribution in [0.3, 0.4) is 0 Å². The Morgan fingerprint density at radius 1 is 0.737 bits per heavy atom. The van der Waals surface area contributed by atoms with Gasteiger partial charge in [-0.3, -0.25) is 0 Å². The molecule has 0 aromatic heterocycles. The Hall–Kier alpha value is -1.26. The van der Waals surface area contributed by atoms with E-state index in [0.717, 1.165) is 0 Å². The van der Waals surface area contributed by atoms with Crippen molar-refractivity contribution >= 4 is 11.9 Å². The van der Waals surface area contributed by atoms with Crippen molar-refractivity contribution < 1.29 is 35.9 Å². The minimum Gasteiger partial charge on any atom is -0.543 e. The highest BCUT2D eigenvalue weighted by Crippen LogP contribution is 1.55. The molecule has 19 heavy (non-hydrogen) atoms. The summed E-state index contributed by atoms with van der Waals surface area (Å²) in [5.74, 6) is -4.37. The van der Waals surface area contributed by atoms with E-state index in [4.69, 9.17) is 19.8 Å². The largest absolute Gasteiger partial charge is 0.543 e. The molecule has 2 aliphatic heterocycles. The number of hydrogen-bond donors (Lipinski definition) is 4. The molecule has 9 nitrogen and oxygen atoms in total. The fourth-order valence-corrected chi connectivity index (χ4v) is 1.36. The number of aliphatic carboxylic acids is 2. The highest BCUT2D eigenvalue weighted by atomic mass is 16.4. The van der Waals surface area contributed by atoms with E-state index in [1.807, 2.05) is 0 Å². The predicted molar refractivity (Wildman–Crippen MR) is 62.7 cm³/mol. The lowest BCUT2D eigenvalue weighted by molar-refractivity contribution is -0.657. The molecule has 2 heterocycles. The monoisotopic (exact) mass is 280 g/mol. The summed E-state index contributed by atoms with van der Waals surface area (Å²) < 4.78 is 0. The summed E-state index contributed by atoms with van der Waals surface area (Å²) in [5.41, 5.74) is 0. The molecule has 0 amide bonds. The van der Waals surface area contributed by atoms with E-state index in [1.165, 1.54) is 52.4 Å². The van der Waals surface area contributed by atoms with Gasteiger partial charge in [0.2, 0.25) is 0 Å². The van der Waals surface area contributed by atoms with Crippen molar-refractivity contribution in [3.05, 3.63) is 0 Å². The van der Waals surface area contributed by atoms with Crippen LogP contribution in [0.4, 0.5) is 0 Å². The zero-order chi connectivity index (χ0) is 13.6. The van der Waals surface area contributed by atoms with Gasteiger partial charge in [-0.05, 0) is 0 Å². The standard InChI is InChI=1S/2C4H10N2.C2H2O4.H2O/c2*1-2-6-4-3-5-1;3-1(4)2(5)6;/h2*5-6H,1-4H2;(H,3,4)(H,5,6);1H2. The highest BCUT2D eigenvalue weighted by molar-refractivity contribution is 6.25. The first-order valence-corrected chi connectivity index (χ1v) is 6.11. The average Bonchev–Trinajstić information content (AvgIpc) is 2.44. The molecule has 8 N–H and O–H groups in total. The fraction of sp³-hybridized carbons (Fsp3) is 0.800. The van der Waals surface area contributed by atoms with Crippen LogP contribution in [-0.2, 0) is 9.59 Å². The van der Waals surface area contributed by atoms with Crippen LogP contribution in [0.25, 0.3) is 0 Å². The molecule has 2 fully saturated rings. The summed E-state index contributed by atoms with van der Waals surface area (Å²) in [4.78, 5) is 17.9. The smallest absolute Gasteiger partial charge is 0.0882 e. The van der Waals surface area contributed by atoms with Crippen molar-refractivity contribution in [3.8, 4) is 0 Å². The van der Waals surface area contributed by atoms with E-state index in [1.54, 1.807) is 0 Å². The number of carboxylic acid groups (broad SMARTS) is 2. The van der Waals surface area contributed by atoms with E-state index in [2.05, 4.69) is 21.3 Å². The van der Waals surface area contributed by atoms with Gasteiger partial charge in [-0.25, -0.2) is 0 Å². The summed E-state index contributed by atoms with van der Waals surface area (Å²) in [5, 5.41) is 29.0. The quantitative estimate of drug-likeness (QED) is 0.321. The molecule has 0 aromatic carbocycles. The third-order valence-electron chi connectivity index (χ3n) is 2.27. The van der Waals surface area contributed by atoms with Crippen molar-refractivity contribution in [2.24, 2.45) is 0 Å². The van der Waals surface area contributed by atoms with Crippen molar-refractivity contribution in [1.29, 1.82) is 0 Å². The number of hydrogen-bond acceptors (Lipinski definition) is 6. The molecule has 0 bridgehead atoms. The predicted octanol–water partition coefficient (Wildman–Crippen LogP) is -8.03. The summed E-state index contributed by atoms with van der Waals surface area (Å²) in [6.07, 6.45) is 0. The van der Waals surface area contributed by atoms with E-state index < -0.39 is 11.9 Å². The Balaban J connectivity index is 0. The molecular formula is C10H24N4O5. The summed E-state index contributed by atoms with van der Waals surface area (Å²) in [6.45, 7) is 9.83. The van der Waals surface area contributed by atoms with Gasteiger partial charge in [-0.2, -0.15) is 0 Å². The molecular weight excluding hydrogens is 256 g/mol. The van der Waals surface area contributed by atoms with Gasteiger partial charge in [0.15, 0.2) is 0 Å². The van der Waals surface area contributed by atoms with Gasteiger partial charge in [0, 0.05) is 26.2 Å². The molecule has 0 aromatic rings. The van der Waals surface area contributed by atoms with E-state index in [0.29, 0.717) is 0 Å². The molecule has 0 spiro atoms. The Kier molecular flexibility index (Phi) is 15.6. The van der Waals surface area contributed by atoms with Crippen molar-refractivity contribution in [3.63, 3.8) is 0 Å². The van der Waals surface area contributed by atoms with E-state index in [-0.39, 0.29) is 5.48 Å². The second kappa shape index (κ2) is 14.8. The van der Waals surface area contributed by atoms with Crippen molar-refractivity contribution in [2.75, 3.05) is 52.4 Å². The summed E-state index contributed by atoms with van der Waals surface area (Å²) >= 11 is 0. The van der Waals surface area contributed by atoms with Gasteiger partial charge in [0.25, 0.3) is 0 Å². The van der Waals surface area contributed by atoms with Crippen LogP contribution in [0.5, 0.6) is 0 Å². The first-order valence-electron chi connectivity index (χ1n) is 6.11. The van der Waals surface area contributed by atoms with E-state index >= 15 is 0 Å². The Morgan fingerprint density at radius 2 is 1.00 bits per heavy atom. The Labute approximate surface area is 112 Å². The number of quaternary nitrogens is 2. The zero-order valence-electron chi connectivity index (χ0n) is 10.9. The zero-order valence-corrected chi connectivity index (χ0v) is 10.9. The molecule has 2 aliphatic rings. The van der Waals surface area contributed by atoms with Gasteiger partial charge >= 0.3 is 0 Å². The molecule has 114 valence electrons. The number of rotatable bonds is 0. The molecule has 0 atom stereocenters. The van der Waals surface area contributed by atoms with Crippen LogP contribution in [-0.4, -0.2) is 69.8 Å². The molecule has 9 heteroatoms. The van der Waals surface area contributed by atoms with Crippen LogP contribution in [0, 0.1) is 0 Å². The number of carboxylic acids is 2. The topological polar surface area (TPSA) is 169 Å². The molecule has 0 aliphatic carbocycles. The van der Waals surface area contributed by atoms with Crippen molar-refractivity contribution in [2.45, 2.75) is 0 Å². The second-order valence-electron chi connectivity index (χ2n) is 3.81. The second-order valence-corrected chi connectivity index (χ2v) is 3.81. The number of carbonyl (C=O) groups is 2. The normalized spacial score (nSPS) is 17.5. The molecule has 2 rings (SSSR count). The van der Waals surface area contributed by atoms with Crippen molar-refractivity contribution in [1.82, 2.24) is 10.6 Å². The molecule has 0 saturated carbocycles. The fourth-order valence-electron chi connectivity index (χ4n) is 1.36. The third kappa shape index (κ3) is 16.7. The van der Waals surface area contributed by atoms with Crippen LogP contribution in [0.2, 0.25) is 0 Å². The lowest BCUT2D eigenvalue weighted by atomic mass is 10.4. The van der Waals surface area contributed by atoms with Crippen LogP contribution in [0.1, 0.15) is 0 Å². The van der Waals surface area contributed by atoms with Crippen LogP contribution in [0.15, 0.2) is 0 Å². The summed E-state index contributed by atoms with van der Waals surface area (Å²) in [7, 11) is 0. The van der Waals surface area contributed by atoms with Gasteiger partial charge in [0.05, 0.1) is 38.1 Å². The summed E-state index contributed by atoms with van der Waals surface area (Å²) in [6, 6.07) is 0. The number of piperazine rings is 2. The first-order chi connectivity index (χ1) is 8.64. The maximum atomic E-state index is 8.93. The average molecular weight is 280 g/mol. The van der Waals surface area contributed by atoms with Gasteiger partial charge in [0.1, 0.15) is 0 Å². The Bertz CT molecular complexity index is 185. The highest BCUT2D eigenvalue weighted by Gasteiger charge is 1.96. The van der Waals surface area contributed by atoms with Gasteiger partial charge < -0.3 is 46.5 Å². The maximum absolute atomic E-state index is 8.93. The van der Waals surface area contributed by atoms with Gasteiger partial charge in [-0.1, -0.05) is 0 Å². The maximum Gasteiger partial charge on any atom is 0.0882 e. The minimum absolute atomic E-state index is 0. The lowest BCUT2D eigenvalue weighted by Gasteiger charge is -2.07. The number of carbonyl (C=O) groups excluding carboxylic acids is 2. The number of nitrogens with two attached hydrogens (primary N) is 2. The molecule has 0 radical (unpaired) electrons. The molecule has 2 saturated heterocycles. The molecule has 0 unspecified atom stereocenters. The Morgan fingerprint density at radius 3 is 1.05 bits per heavy atom. The lowest BCUT2D eigenvalue weighted by Crippen LogP contribution is -2.89. The van der Waals surface area contributed by atoms with Crippen LogP contribution >= 0.6 is 0 Å².